The van der Waals surface area contributed by atoms with E-state index in [0.29, 0.717) is 36.8 Å². The molecule has 10 nitrogen and oxygen atoms in total. The second kappa shape index (κ2) is 10.8. The van der Waals surface area contributed by atoms with Gasteiger partial charge in [-0.05, 0) is 40.5 Å². The lowest BCUT2D eigenvalue weighted by molar-refractivity contribution is -0.149. The minimum absolute atomic E-state index is 0.109. The van der Waals surface area contributed by atoms with Crippen molar-refractivity contribution in [3.63, 3.8) is 0 Å². The number of carboxylic acids is 1. The molecule has 0 aliphatic carbocycles. The van der Waals surface area contributed by atoms with Gasteiger partial charge in [-0.25, -0.2) is 10.2 Å². The minimum Gasteiger partial charge on any atom is -0.480 e. The van der Waals surface area contributed by atoms with E-state index in [1.807, 2.05) is 0 Å². The molecule has 0 radical (unpaired) electrons. The summed E-state index contributed by atoms with van der Waals surface area (Å²) in [6, 6.07) is -2.01. The molecule has 0 aromatic carbocycles. The zero-order chi connectivity index (χ0) is 22.5. The highest BCUT2D eigenvalue weighted by molar-refractivity contribution is 9.09. The third-order valence-corrected chi connectivity index (χ3v) is 6.29. The third kappa shape index (κ3) is 7.10. The van der Waals surface area contributed by atoms with Crippen LogP contribution in [-0.4, -0.2) is 80.8 Å². The van der Waals surface area contributed by atoms with Crippen molar-refractivity contribution < 1.29 is 29.0 Å². The average Bonchev–Trinajstić information content (AvgIpc) is 3.08. The van der Waals surface area contributed by atoms with E-state index in [-0.39, 0.29) is 4.95 Å². The van der Waals surface area contributed by atoms with Crippen molar-refractivity contribution in [1.82, 2.24) is 15.8 Å². The summed E-state index contributed by atoms with van der Waals surface area (Å²) in [5, 5.41) is 13.7. The molecule has 3 N–H and O–H groups in total. The lowest BCUT2D eigenvalue weighted by Gasteiger charge is -2.36. The van der Waals surface area contributed by atoms with Crippen LogP contribution in [0.2, 0.25) is 0 Å². The first-order valence-electron chi connectivity index (χ1n) is 9.78. The Morgan fingerprint density at radius 3 is 2.67 bits per heavy atom. The van der Waals surface area contributed by atoms with Gasteiger partial charge in [0.15, 0.2) is 0 Å². The molecule has 170 valence electrons. The highest BCUT2D eigenvalue weighted by Crippen LogP contribution is 2.27. The summed E-state index contributed by atoms with van der Waals surface area (Å²) < 4.78 is 11.1. The molecule has 2 aliphatic heterocycles. The number of carbonyl (C=O) groups excluding carboxylic acids is 2. The molecule has 1 fully saturated rings. The van der Waals surface area contributed by atoms with Gasteiger partial charge in [0.25, 0.3) is 5.91 Å². The Morgan fingerprint density at radius 1 is 1.43 bits per heavy atom. The van der Waals surface area contributed by atoms with Gasteiger partial charge in [0.05, 0.1) is 0 Å². The first kappa shape index (κ1) is 24.9. The number of carbonyl (C=O) groups is 3. The van der Waals surface area contributed by atoms with E-state index in [1.54, 1.807) is 27.7 Å². The fraction of sp³-hybridized carbons (Fsp3) is 0.778. The summed E-state index contributed by atoms with van der Waals surface area (Å²) in [5.74, 6) is -0.870. The van der Waals surface area contributed by atoms with Gasteiger partial charge in [-0.2, -0.15) is 0 Å². The largest absolute Gasteiger partial charge is 0.480 e. The molecular formula is C18H29BrN4O6S. The Bertz CT molecular complexity index is 686. The quantitative estimate of drug-likeness (QED) is 0.350. The topological polar surface area (TPSA) is 130 Å². The lowest BCUT2D eigenvalue weighted by atomic mass is 10.1. The maximum absolute atomic E-state index is 13.4. The predicted octanol–water partition coefficient (Wildman–Crippen LogP) is 1.73. The maximum Gasteiger partial charge on any atom is 0.408 e. The number of nitrogens with one attached hydrogen (secondary N) is 2. The summed E-state index contributed by atoms with van der Waals surface area (Å²) in [6.45, 7) is 7.56. The van der Waals surface area contributed by atoms with Crippen molar-refractivity contribution in [3.05, 3.63) is 0 Å². The zero-order valence-electron chi connectivity index (χ0n) is 17.5. The van der Waals surface area contributed by atoms with Crippen LogP contribution >= 0.6 is 27.7 Å². The Kier molecular flexibility index (Phi) is 8.95. The Labute approximate surface area is 188 Å². The minimum atomic E-state index is -1.14. The van der Waals surface area contributed by atoms with E-state index in [4.69, 9.17) is 9.47 Å². The van der Waals surface area contributed by atoms with E-state index in [2.05, 4.69) is 31.7 Å². The van der Waals surface area contributed by atoms with Gasteiger partial charge >= 0.3 is 12.1 Å². The van der Waals surface area contributed by atoms with Gasteiger partial charge in [0, 0.05) is 18.9 Å². The van der Waals surface area contributed by atoms with E-state index >= 15 is 0 Å². The van der Waals surface area contributed by atoms with Crippen molar-refractivity contribution in [3.8, 4) is 0 Å². The summed E-state index contributed by atoms with van der Waals surface area (Å²) in [6.07, 6.45) is -0.662. The van der Waals surface area contributed by atoms with E-state index in [9.17, 15) is 19.5 Å². The monoisotopic (exact) mass is 508 g/mol. The Morgan fingerprint density at radius 2 is 2.13 bits per heavy atom. The molecule has 2 aliphatic rings. The molecule has 30 heavy (non-hydrogen) atoms. The molecule has 0 aromatic heterocycles. The number of hydrazine groups is 1. The molecule has 0 bridgehead atoms. The number of ether oxygens (including phenoxy) is 2. The second-order valence-electron chi connectivity index (χ2n) is 7.86. The number of halogens is 1. The number of rotatable bonds is 7. The van der Waals surface area contributed by atoms with Crippen molar-refractivity contribution in [2.45, 2.75) is 69.3 Å². The van der Waals surface area contributed by atoms with E-state index in [1.165, 1.54) is 16.8 Å². The van der Waals surface area contributed by atoms with Crippen LogP contribution in [0.25, 0.3) is 0 Å². The van der Waals surface area contributed by atoms with Crippen LogP contribution < -0.4 is 10.7 Å². The standard InChI is InChI=1S/C18H29BrN4O6S/c1-5-28-13(14-20-11(19)9-30-14)12(21-17(27)29-18(2,3)4)15(24)23-8-6-7-10(22-23)16(25)26/h10-13,22H,5-9H2,1-4H3,(H,21,27)(H,25,26)/t10-,11?,12-,13-/m0/s1. The van der Waals surface area contributed by atoms with Gasteiger partial charge in [0.2, 0.25) is 0 Å². The molecule has 0 aromatic rings. The highest BCUT2D eigenvalue weighted by Gasteiger charge is 2.41. The number of carboxylic acid groups (broad SMARTS) is 1. The summed E-state index contributed by atoms with van der Waals surface area (Å²) in [5.41, 5.74) is 1.98. The number of thioether (sulfide) groups is 1. The van der Waals surface area contributed by atoms with Crippen LogP contribution in [0, 0.1) is 0 Å². The highest BCUT2D eigenvalue weighted by atomic mass is 79.9. The first-order chi connectivity index (χ1) is 14.0. The van der Waals surface area contributed by atoms with Crippen molar-refractivity contribution >= 4 is 50.7 Å². The SMILES string of the molecule is CCO[C@H](C1=NC(Br)CS1)[C@H](NC(=O)OC(C)(C)C)C(=O)N1CCC[C@@H](C(=O)O)N1. The molecule has 0 spiro atoms. The van der Waals surface area contributed by atoms with Crippen LogP contribution in [0.4, 0.5) is 4.79 Å². The van der Waals surface area contributed by atoms with Crippen LogP contribution in [0.1, 0.15) is 40.5 Å². The van der Waals surface area contributed by atoms with E-state index in [0.717, 1.165) is 0 Å². The molecule has 2 heterocycles. The molecule has 2 rings (SSSR count). The normalized spacial score (nSPS) is 24.0. The summed E-state index contributed by atoms with van der Waals surface area (Å²) in [7, 11) is 0. The van der Waals surface area contributed by atoms with Crippen LogP contribution in [0.3, 0.4) is 0 Å². The smallest absolute Gasteiger partial charge is 0.408 e. The molecular weight excluding hydrogens is 480 g/mol. The van der Waals surface area contributed by atoms with Gasteiger partial charge in [-0.3, -0.25) is 19.6 Å². The van der Waals surface area contributed by atoms with Crippen molar-refractivity contribution in [1.29, 1.82) is 0 Å². The zero-order valence-corrected chi connectivity index (χ0v) is 19.9. The van der Waals surface area contributed by atoms with Gasteiger partial charge in [0.1, 0.15) is 33.8 Å². The number of aliphatic imine (C=N–C) groups is 1. The maximum atomic E-state index is 13.4. The van der Waals surface area contributed by atoms with Crippen LogP contribution in [0.5, 0.6) is 0 Å². The second-order valence-corrected chi connectivity index (χ2v) is 9.96. The number of alkyl halides is 1. The van der Waals surface area contributed by atoms with E-state index < -0.39 is 41.8 Å². The summed E-state index contributed by atoms with van der Waals surface area (Å²) >= 11 is 4.86. The first-order valence-corrected chi connectivity index (χ1v) is 11.7. The number of nitrogens with zero attached hydrogens (tertiary/aromatic N) is 2. The Balaban J connectivity index is 2.29. The van der Waals surface area contributed by atoms with Crippen molar-refractivity contribution in [2.24, 2.45) is 4.99 Å². The third-order valence-electron chi connectivity index (χ3n) is 4.22. The fourth-order valence-electron chi connectivity index (χ4n) is 3.00. The Hall–Kier alpha value is -1.37. The lowest BCUT2D eigenvalue weighted by Crippen LogP contribution is -2.63. The average molecular weight is 509 g/mol. The van der Waals surface area contributed by atoms with Crippen LogP contribution in [0.15, 0.2) is 4.99 Å². The molecule has 1 unspecified atom stereocenters. The molecule has 0 saturated carbocycles. The number of alkyl carbamates (subject to hydrolysis) is 1. The van der Waals surface area contributed by atoms with Gasteiger partial charge in [-0.15, -0.1) is 11.8 Å². The van der Waals surface area contributed by atoms with Crippen LogP contribution in [-0.2, 0) is 19.1 Å². The molecule has 4 atom stereocenters. The molecule has 12 heteroatoms. The van der Waals surface area contributed by atoms with Crippen molar-refractivity contribution in [2.75, 3.05) is 18.9 Å². The number of aliphatic carboxylic acids is 1. The fourth-order valence-corrected chi connectivity index (χ4v) is 4.71. The molecule has 1 saturated heterocycles. The number of amides is 2. The van der Waals surface area contributed by atoms with Gasteiger partial charge < -0.3 is 19.9 Å². The number of hydrogen-bond acceptors (Lipinski definition) is 8. The van der Waals surface area contributed by atoms with Gasteiger partial charge in [-0.1, -0.05) is 15.9 Å². The summed E-state index contributed by atoms with van der Waals surface area (Å²) in [4.78, 5) is 41.6. The predicted molar refractivity (Wildman–Crippen MR) is 117 cm³/mol. The molecule has 2 amide bonds. The number of hydrogen-bond donors (Lipinski definition) is 3.